The van der Waals surface area contributed by atoms with Gasteiger partial charge in [0.2, 0.25) is 5.88 Å². The first-order chi connectivity index (χ1) is 11.7. The Hall–Kier alpha value is -2.92. The second-order valence-electron chi connectivity index (χ2n) is 4.96. The van der Waals surface area contributed by atoms with Gasteiger partial charge in [-0.1, -0.05) is 11.6 Å². The molecular formula is C18H14ClN3O2. The number of hydrogen-bond donors (Lipinski definition) is 1. The highest BCUT2D eigenvalue weighted by atomic mass is 35.5. The van der Waals surface area contributed by atoms with Crippen molar-refractivity contribution < 1.29 is 9.53 Å². The average Bonchev–Trinajstić information content (AvgIpc) is 2.63. The van der Waals surface area contributed by atoms with Gasteiger partial charge in [0, 0.05) is 29.3 Å². The Morgan fingerprint density at radius 2 is 1.79 bits per heavy atom. The van der Waals surface area contributed by atoms with Crippen LogP contribution >= 0.6 is 11.6 Å². The van der Waals surface area contributed by atoms with Crippen molar-refractivity contribution in [3.63, 3.8) is 0 Å². The highest BCUT2D eigenvalue weighted by molar-refractivity contribution is 6.30. The summed E-state index contributed by atoms with van der Waals surface area (Å²) in [6.07, 6.45) is 4.96. The van der Waals surface area contributed by atoms with Crippen LogP contribution in [0.5, 0.6) is 5.88 Å². The molecule has 0 saturated heterocycles. The molecule has 0 aliphatic rings. The summed E-state index contributed by atoms with van der Waals surface area (Å²) in [7, 11) is 0. The number of halogens is 1. The third-order valence-corrected chi connectivity index (χ3v) is 3.49. The maximum absolute atomic E-state index is 12.5. The zero-order valence-corrected chi connectivity index (χ0v) is 13.4. The van der Waals surface area contributed by atoms with E-state index in [1.807, 2.05) is 12.1 Å². The Bertz CT molecular complexity index is 823. The van der Waals surface area contributed by atoms with Gasteiger partial charge in [0.1, 0.15) is 12.2 Å². The van der Waals surface area contributed by atoms with E-state index in [0.717, 1.165) is 5.56 Å². The van der Waals surface area contributed by atoms with Crippen LogP contribution in [0, 0.1) is 0 Å². The smallest absolute Gasteiger partial charge is 0.261 e. The number of aromatic nitrogens is 2. The topological polar surface area (TPSA) is 64.1 Å². The molecule has 0 spiro atoms. The van der Waals surface area contributed by atoms with Gasteiger partial charge >= 0.3 is 0 Å². The maximum atomic E-state index is 12.5. The predicted molar refractivity (Wildman–Crippen MR) is 92.2 cm³/mol. The number of hydrogen-bond acceptors (Lipinski definition) is 4. The molecule has 1 aromatic carbocycles. The Morgan fingerprint density at radius 1 is 1.04 bits per heavy atom. The molecule has 0 radical (unpaired) electrons. The molecule has 5 nitrogen and oxygen atoms in total. The maximum Gasteiger partial charge on any atom is 0.261 e. The summed E-state index contributed by atoms with van der Waals surface area (Å²) in [5.74, 6) is -0.0177. The van der Waals surface area contributed by atoms with Crippen LogP contribution < -0.4 is 10.1 Å². The van der Waals surface area contributed by atoms with Crippen LogP contribution in [-0.2, 0) is 6.61 Å². The van der Waals surface area contributed by atoms with E-state index < -0.39 is 0 Å². The largest absolute Gasteiger partial charge is 0.472 e. The zero-order chi connectivity index (χ0) is 16.8. The van der Waals surface area contributed by atoms with Crippen molar-refractivity contribution in [1.82, 2.24) is 9.97 Å². The van der Waals surface area contributed by atoms with Crippen molar-refractivity contribution in [3.05, 3.63) is 83.3 Å². The number of nitrogens with zero attached hydrogens (tertiary/aromatic N) is 2. The molecule has 0 saturated carbocycles. The lowest BCUT2D eigenvalue weighted by atomic mass is 10.2. The Labute approximate surface area is 144 Å². The van der Waals surface area contributed by atoms with E-state index in [0.29, 0.717) is 22.9 Å². The summed E-state index contributed by atoms with van der Waals surface area (Å²) in [6, 6.07) is 13.9. The van der Waals surface area contributed by atoms with E-state index in [1.54, 1.807) is 55.0 Å². The minimum atomic E-state index is -0.296. The molecule has 2 heterocycles. The Kier molecular flexibility index (Phi) is 5.03. The molecule has 1 N–H and O–H groups in total. The first-order valence-corrected chi connectivity index (χ1v) is 7.64. The normalized spacial score (nSPS) is 10.2. The van der Waals surface area contributed by atoms with Crippen molar-refractivity contribution in [2.24, 2.45) is 0 Å². The van der Waals surface area contributed by atoms with E-state index >= 15 is 0 Å². The van der Waals surface area contributed by atoms with Crippen molar-refractivity contribution in [1.29, 1.82) is 0 Å². The number of amides is 1. The van der Waals surface area contributed by atoms with Gasteiger partial charge in [0.25, 0.3) is 5.91 Å². The molecule has 2 aromatic heterocycles. The number of anilines is 1. The lowest BCUT2D eigenvalue weighted by Gasteiger charge is -2.10. The quantitative estimate of drug-likeness (QED) is 0.764. The molecule has 120 valence electrons. The summed E-state index contributed by atoms with van der Waals surface area (Å²) >= 11 is 5.84. The highest BCUT2D eigenvalue weighted by Crippen LogP contribution is 2.19. The van der Waals surface area contributed by atoms with Crippen LogP contribution in [0.15, 0.2) is 67.1 Å². The summed E-state index contributed by atoms with van der Waals surface area (Å²) in [5, 5.41) is 3.40. The van der Waals surface area contributed by atoms with Crippen LogP contribution in [-0.4, -0.2) is 15.9 Å². The Morgan fingerprint density at radius 3 is 2.54 bits per heavy atom. The van der Waals surface area contributed by atoms with Gasteiger partial charge in [-0.15, -0.1) is 0 Å². The molecule has 3 rings (SSSR count). The summed E-state index contributed by atoms with van der Waals surface area (Å²) in [6.45, 7) is 0.306. The number of rotatable bonds is 5. The van der Waals surface area contributed by atoms with Crippen LogP contribution in [0.4, 0.5) is 5.69 Å². The van der Waals surface area contributed by atoms with Gasteiger partial charge in [-0.05, 0) is 54.1 Å². The van der Waals surface area contributed by atoms with E-state index in [-0.39, 0.29) is 11.8 Å². The fourth-order valence-electron chi connectivity index (χ4n) is 2.04. The van der Waals surface area contributed by atoms with E-state index in [1.165, 1.54) is 0 Å². The molecule has 0 aliphatic heterocycles. The number of nitrogens with one attached hydrogen (secondary N) is 1. The number of carbonyl (C=O) groups is 1. The number of benzene rings is 1. The van der Waals surface area contributed by atoms with Gasteiger partial charge in [-0.25, -0.2) is 4.98 Å². The van der Waals surface area contributed by atoms with Crippen molar-refractivity contribution in [2.75, 3.05) is 5.32 Å². The van der Waals surface area contributed by atoms with Crippen molar-refractivity contribution in [3.8, 4) is 5.88 Å². The lowest BCUT2D eigenvalue weighted by Crippen LogP contribution is -2.14. The molecular weight excluding hydrogens is 326 g/mol. The third kappa shape index (κ3) is 4.08. The first-order valence-electron chi connectivity index (χ1n) is 7.26. The fourth-order valence-corrected chi connectivity index (χ4v) is 2.17. The van der Waals surface area contributed by atoms with Crippen LogP contribution in [0.25, 0.3) is 0 Å². The predicted octanol–water partition coefficient (Wildman–Crippen LogP) is 3.96. The Balaban J connectivity index is 1.73. The standard InChI is InChI=1S/C18H14ClN3O2/c19-14-3-5-15(6-4-14)22-17(23)16-2-1-9-21-18(16)24-12-13-7-10-20-11-8-13/h1-11H,12H2,(H,22,23). The summed E-state index contributed by atoms with van der Waals surface area (Å²) in [5.41, 5.74) is 1.95. The third-order valence-electron chi connectivity index (χ3n) is 3.24. The van der Waals surface area contributed by atoms with Gasteiger partial charge < -0.3 is 10.1 Å². The lowest BCUT2D eigenvalue weighted by molar-refractivity contribution is 0.102. The molecule has 0 aliphatic carbocycles. The summed E-state index contributed by atoms with van der Waals surface area (Å²) < 4.78 is 5.68. The molecule has 0 bridgehead atoms. The van der Waals surface area contributed by atoms with Crippen LogP contribution in [0.1, 0.15) is 15.9 Å². The number of ether oxygens (including phenoxy) is 1. The van der Waals surface area contributed by atoms with Crippen molar-refractivity contribution >= 4 is 23.2 Å². The van der Waals surface area contributed by atoms with Crippen molar-refractivity contribution in [2.45, 2.75) is 6.61 Å². The molecule has 0 fully saturated rings. The minimum Gasteiger partial charge on any atom is -0.472 e. The van der Waals surface area contributed by atoms with Gasteiger partial charge in [0.05, 0.1) is 0 Å². The highest BCUT2D eigenvalue weighted by Gasteiger charge is 2.14. The van der Waals surface area contributed by atoms with Gasteiger partial charge in [-0.2, -0.15) is 0 Å². The molecule has 0 atom stereocenters. The molecule has 24 heavy (non-hydrogen) atoms. The second kappa shape index (κ2) is 7.57. The molecule has 1 amide bonds. The van der Waals surface area contributed by atoms with Crippen LogP contribution in [0.2, 0.25) is 5.02 Å². The number of carbonyl (C=O) groups excluding carboxylic acids is 1. The summed E-state index contributed by atoms with van der Waals surface area (Å²) in [4.78, 5) is 20.6. The van der Waals surface area contributed by atoms with Gasteiger partial charge in [0.15, 0.2) is 0 Å². The molecule has 0 unspecified atom stereocenters. The second-order valence-corrected chi connectivity index (χ2v) is 5.40. The van der Waals surface area contributed by atoms with Gasteiger partial charge in [-0.3, -0.25) is 9.78 Å². The molecule has 3 aromatic rings. The SMILES string of the molecule is O=C(Nc1ccc(Cl)cc1)c1cccnc1OCc1ccncc1. The zero-order valence-electron chi connectivity index (χ0n) is 12.6. The number of pyridine rings is 2. The van der Waals surface area contributed by atoms with E-state index in [4.69, 9.17) is 16.3 Å². The molecule has 6 heteroatoms. The average molecular weight is 340 g/mol. The van der Waals surface area contributed by atoms with E-state index in [9.17, 15) is 4.79 Å². The monoisotopic (exact) mass is 339 g/mol. The fraction of sp³-hybridized carbons (Fsp3) is 0.0556. The van der Waals surface area contributed by atoms with E-state index in [2.05, 4.69) is 15.3 Å². The van der Waals surface area contributed by atoms with Crippen LogP contribution in [0.3, 0.4) is 0 Å². The first kappa shape index (κ1) is 16.0. The minimum absolute atomic E-state index is 0.278.